The van der Waals surface area contributed by atoms with Gasteiger partial charge in [-0.2, -0.15) is 0 Å². The number of aromatic nitrogens is 2. The lowest BCUT2D eigenvalue weighted by Crippen LogP contribution is -2.26. The third-order valence-corrected chi connectivity index (χ3v) is 7.46. The average Bonchev–Trinajstić information content (AvgIpc) is 3.29. The third kappa shape index (κ3) is 3.46. The Labute approximate surface area is 190 Å². The van der Waals surface area contributed by atoms with Crippen molar-refractivity contribution in [1.29, 1.82) is 0 Å². The van der Waals surface area contributed by atoms with Crippen LogP contribution in [0.5, 0.6) is 0 Å². The summed E-state index contributed by atoms with van der Waals surface area (Å²) < 4.78 is 28.9. The Morgan fingerprint density at radius 2 is 2.06 bits per heavy atom. The van der Waals surface area contributed by atoms with E-state index in [9.17, 15) is 4.79 Å². The highest BCUT2D eigenvalue weighted by atomic mass is 79.9. The van der Waals surface area contributed by atoms with Gasteiger partial charge in [0.25, 0.3) is 0 Å². The number of halogens is 2. The number of hydrogen-bond donors (Lipinski definition) is 0. The summed E-state index contributed by atoms with van der Waals surface area (Å²) in [6.45, 7) is 1.40. The predicted molar refractivity (Wildman–Crippen MR) is 122 cm³/mol. The maximum atomic E-state index is 15.4. The number of benzene rings is 1. The highest BCUT2D eigenvalue weighted by Gasteiger charge is 2.33. The SMILES string of the molecule is COC(=O)c1sc2c(c1F)c1ncc(Br)cc1n2C(c1ccccc1)C1CCOCC1. The number of thiophene rings is 1. The number of fused-ring (bicyclic) bond motifs is 3. The van der Waals surface area contributed by atoms with Crippen LogP contribution in [0, 0.1) is 11.7 Å². The van der Waals surface area contributed by atoms with Gasteiger partial charge in [0, 0.05) is 23.9 Å². The van der Waals surface area contributed by atoms with E-state index >= 15 is 4.39 Å². The van der Waals surface area contributed by atoms with Gasteiger partial charge in [0.2, 0.25) is 0 Å². The molecule has 0 radical (unpaired) electrons. The van der Waals surface area contributed by atoms with Crippen molar-refractivity contribution >= 4 is 54.5 Å². The van der Waals surface area contributed by atoms with Crippen LogP contribution >= 0.6 is 27.3 Å². The van der Waals surface area contributed by atoms with Gasteiger partial charge in [0.15, 0.2) is 10.7 Å². The van der Waals surface area contributed by atoms with E-state index in [2.05, 4.69) is 37.6 Å². The number of rotatable bonds is 4. The monoisotopic (exact) mass is 502 g/mol. The lowest BCUT2D eigenvalue weighted by molar-refractivity contribution is 0.0553. The van der Waals surface area contributed by atoms with Crippen LogP contribution < -0.4 is 0 Å². The standard InChI is InChI=1S/C23H20BrFN2O3S/c1-29-23(28)21-18(25)17-19-16(11-15(24)12-26-19)27(22(17)31-21)20(13-5-3-2-4-6-13)14-7-9-30-10-8-14/h2-6,11-12,14,20H,7-10H2,1H3. The fourth-order valence-corrected chi connectivity index (χ4v) is 5.97. The van der Waals surface area contributed by atoms with Gasteiger partial charge in [-0.3, -0.25) is 4.98 Å². The molecule has 1 aliphatic heterocycles. The molecule has 5 nitrogen and oxygen atoms in total. The zero-order chi connectivity index (χ0) is 21.5. The van der Waals surface area contributed by atoms with Crippen molar-refractivity contribution in [2.75, 3.05) is 20.3 Å². The summed E-state index contributed by atoms with van der Waals surface area (Å²) in [4.78, 5) is 17.4. The molecule has 4 aromatic rings. The van der Waals surface area contributed by atoms with Crippen molar-refractivity contribution in [3.05, 3.63) is 63.3 Å². The Balaban J connectivity index is 1.84. The first-order chi connectivity index (χ1) is 15.1. The molecule has 4 heterocycles. The molecule has 31 heavy (non-hydrogen) atoms. The summed E-state index contributed by atoms with van der Waals surface area (Å²) in [5.41, 5.74) is 2.53. The third-order valence-electron chi connectivity index (χ3n) is 5.88. The van der Waals surface area contributed by atoms with Gasteiger partial charge in [0.05, 0.1) is 29.6 Å². The van der Waals surface area contributed by atoms with Crippen LogP contribution in [0.25, 0.3) is 21.3 Å². The van der Waals surface area contributed by atoms with Crippen LogP contribution in [0.1, 0.15) is 34.1 Å². The minimum absolute atomic E-state index is 0.0216. The van der Waals surface area contributed by atoms with Gasteiger partial charge in [-0.15, -0.1) is 11.3 Å². The maximum absolute atomic E-state index is 15.4. The summed E-state index contributed by atoms with van der Waals surface area (Å²) in [5.74, 6) is -0.928. The molecule has 8 heteroatoms. The number of pyridine rings is 1. The minimum Gasteiger partial charge on any atom is -0.465 e. The van der Waals surface area contributed by atoms with E-state index in [-0.39, 0.29) is 10.9 Å². The molecule has 1 aromatic carbocycles. The Morgan fingerprint density at radius 1 is 1.32 bits per heavy atom. The normalized spacial score (nSPS) is 16.1. The number of methoxy groups -OCH3 is 1. The molecular formula is C23H20BrFN2O3S. The number of nitrogens with zero attached hydrogens (tertiary/aromatic N) is 2. The molecule has 0 saturated carbocycles. The fraction of sp³-hybridized carbons (Fsp3) is 0.304. The Bertz CT molecular complexity index is 1260. The van der Waals surface area contributed by atoms with Crippen LogP contribution in [-0.4, -0.2) is 35.8 Å². The van der Waals surface area contributed by atoms with Crippen molar-refractivity contribution in [1.82, 2.24) is 9.55 Å². The molecule has 5 rings (SSSR count). The van der Waals surface area contributed by atoms with E-state index in [4.69, 9.17) is 9.47 Å². The lowest BCUT2D eigenvalue weighted by atomic mass is 9.87. The first-order valence-electron chi connectivity index (χ1n) is 10.1. The molecule has 1 unspecified atom stereocenters. The molecule has 1 atom stereocenters. The summed E-state index contributed by atoms with van der Waals surface area (Å²) in [5, 5.41) is 0.376. The molecule has 0 spiro atoms. The van der Waals surface area contributed by atoms with Crippen LogP contribution in [-0.2, 0) is 9.47 Å². The van der Waals surface area contributed by atoms with Gasteiger partial charge < -0.3 is 14.0 Å². The Hall–Kier alpha value is -2.29. The van der Waals surface area contributed by atoms with Crippen LogP contribution in [0.2, 0.25) is 0 Å². The second-order valence-electron chi connectivity index (χ2n) is 7.61. The second kappa shape index (κ2) is 8.33. The minimum atomic E-state index is -0.669. The highest BCUT2D eigenvalue weighted by Crippen LogP contribution is 2.44. The highest BCUT2D eigenvalue weighted by molar-refractivity contribution is 9.10. The molecule has 0 amide bonds. The van der Waals surface area contributed by atoms with Gasteiger partial charge in [0.1, 0.15) is 4.83 Å². The molecule has 0 N–H and O–H groups in total. The lowest BCUT2D eigenvalue weighted by Gasteiger charge is -2.32. The first-order valence-corrected chi connectivity index (χ1v) is 11.7. The van der Waals surface area contributed by atoms with Gasteiger partial charge in [-0.05, 0) is 46.3 Å². The van der Waals surface area contributed by atoms with Crippen molar-refractivity contribution in [2.45, 2.75) is 18.9 Å². The van der Waals surface area contributed by atoms with Gasteiger partial charge >= 0.3 is 5.97 Å². The van der Waals surface area contributed by atoms with Gasteiger partial charge in [-0.25, -0.2) is 9.18 Å². The van der Waals surface area contributed by atoms with Gasteiger partial charge in [-0.1, -0.05) is 30.3 Å². The number of carbonyl (C=O) groups excluding carboxylic acids is 1. The molecule has 1 saturated heterocycles. The molecule has 1 fully saturated rings. The topological polar surface area (TPSA) is 53.3 Å². The summed E-state index contributed by atoms with van der Waals surface area (Å²) in [6.07, 6.45) is 3.47. The molecule has 160 valence electrons. The van der Waals surface area contributed by atoms with Crippen molar-refractivity contribution < 1.29 is 18.7 Å². The summed E-state index contributed by atoms with van der Waals surface area (Å²) >= 11 is 4.65. The average molecular weight is 503 g/mol. The molecule has 3 aromatic heterocycles. The number of hydrogen-bond acceptors (Lipinski definition) is 5. The molecular weight excluding hydrogens is 483 g/mol. The van der Waals surface area contributed by atoms with E-state index < -0.39 is 11.8 Å². The van der Waals surface area contributed by atoms with E-state index in [0.29, 0.717) is 34.9 Å². The smallest absolute Gasteiger partial charge is 0.351 e. The summed E-state index contributed by atoms with van der Waals surface area (Å²) in [6, 6.07) is 12.2. The maximum Gasteiger partial charge on any atom is 0.351 e. The zero-order valence-corrected chi connectivity index (χ0v) is 19.2. The molecule has 0 aliphatic carbocycles. The molecule has 1 aliphatic rings. The molecule has 0 bridgehead atoms. The van der Waals surface area contributed by atoms with Crippen LogP contribution in [0.15, 0.2) is 47.1 Å². The first kappa shape index (κ1) is 20.6. The predicted octanol–water partition coefficient (Wildman–Crippen LogP) is 5.96. The van der Waals surface area contributed by atoms with Crippen molar-refractivity contribution in [3.8, 4) is 0 Å². The van der Waals surface area contributed by atoms with E-state index in [0.717, 1.165) is 39.7 Å². The Morgan fingerprint density at radius 3 is 2.77 bits per heavy atom. The quantitative estimate of drug-likeness (QED) is 0.323. The van der Waals surface area contributed by atoms with Crippen LogP contribution in [0.4, 0.5) is 4.39 Å². The number of esters is 1. The fourth-order valence-electron chi connectivity index (χ4n) is 4.50. The largest absolute Gasteiger partial charge is 0.465 e. The van der Waals surface area contributed by atoms with E-state index in [1.165, 1.54) is 7.11 Å². The second-order valence-corrected chi connectivity index (χ2v) is 9.53. The van der Waals surface area contributed by atoms with E-state index in [1.807, 2.05) is 24.3 Å². The number of ether oxygens (including phenoxy) is 2. The number of carbonyl (C=O) groups is 1. The van der Waals surface area contributed by atoms with Crippen molar-refractivity contribution in [2.24, 2.45) is 5.92 Å². The van der Waals surface area contributed by atoms with Crippen molar-refractivity contribution in [3.63, 3.8) is 0 Å². The van der Waals surface area contributed by atoms with E-state index in [1.54, 1.807) is 6.20 Å². The Kier molecular flexibility index (Phi) is 5.54. The van der Waals surface area contributed by atoms with Crippen LogP contribution in [0.3, 0.4) is 0 Å². The summed E-state index contributed by atoms with van der Waals surface area (Å²) in [7, 11) is 1.27. The zero-order valence-electron chi connectivity index (χ0n) is 16.8.